The summed E-state index contributed by atoms with van der Waals surface area (Å²) >= 11 is 5.77. The summed E-state index contributed by atoms with van der Waals surface area (Å²) in [5, 5.41) is 15.4. The van der Waals surface area contributed by atoms with Gasteiger partial charge in [-0.15, -0.1) is 0 Å². The fourth-order valence-electron chi connectivity index (χ4n) is 4.16. The summed E-state index contributed by atoms with van der Waals surface area (Å²) in [7, 11) is 1.81. The molecule has 1 aromatic heterocycles. The lowest BCUT2D eigenvalue weighted by Crippen LogP contribution is -2.58. The number of carbonyl (C=O) groups is 3. The van der Waals surface area contributed by atoms with E-state index in [0.29, 0.717) is 43.2 Å². The highest BCUT2D eigenvalue weighted by Gasteiger charge is 2.35. The molecule has 2 rings (SSSR count). The quantitative estimate of drug-likeness (QED) is 0.224. The predicted octanol–water partition coefficient (Wildman–Crippen LogP) is 2.09. The van der Waals surface area contributed by atoms with Gasteiger partial charge < -0.3 is 25.4 Å². The first-order chi connectivity index (χ1) is 16.4. The molecule has 0 aliphatic heterocycles. The number of nitrogens with zero attached hydrogens (tertiary/aromatic N) is 2. The SMILES string of the molecule is CN(CC(C)(C)C)C(=O)[C@H]1CC[C@H](NCCOCC(=O)Nc2ccc(Cl)cn2)[C@H](NNC(=O)O)C1. The fraction of sp³-hybridized carbons (Fsp3) is 0.652. The number of carboxylic acid groups (broad SMARTS) is 1. The number of hydrogen-bond donors (Lipinski definition) is 5. The van der Waals surface area contributed by atoms with Crippen LogP contribution in [0.5, 0.6) is 0 Å². The van der Waals surface area contributed by atoms with E-state index in [4.69, 9.17) is 21.4 Å². The first-order valence-corrected chi connectivity index (χ1v) is 12.0. The second kappa shape index (κ2) is 13.6. The summed E-state index contributed by atoms with van der Waals surface area (Å²) in [4.78, 5) is 41.7. The summed E-state index contributed by atoms with van der Waals surface area (Å²) in [6, 6.07) is 2.90. The second-order valence-corrected chi connectivity index (χ2v) is 10.4. The summed E-state index contributed by atoms with van der Waals surface area (Å²) in [5.41, 5.74) is 5.04. The molecule has 0 radical (unpaired) electrons. The van der Waals surface area contributed by atoms with Crippen molar-refractivity contribution in [2.24, 2.45) is 11.3 Å². The number of pyridine rings is 1. The van der Waals surface area contributed by atoms with Crippen LogP contribution in [0.1, 0.15) is 40.0 Å². The number of ether oxygens (including phenoxy) is 1. The van der Waals surface area contributed by atoms with Gasteiger partial charge in [0.1, 0.15) is 12.4 Å². The van der Waals surface area contributed by atoms with Gasteiger partial charge in [0.05, 0.1) is 11.6 Å². The number of nitrogens with one attached hydrogen (secondary N) is 4. The van der Waals surface area contributed by atoms with Gasteiger partial charge in [-0.25, -0.2) is 15.2 Å². The van der Waals surface area contributed by atoms with E-state index in [1.54, 1.807) is 17.0 Å². The lowest BCUT2D eigenvalue weighted by molar-refractivity contribution is -0.136. The van der Waals surface area contributed by atoms with Crippen molar-refractivity contribution in [3.05, 3.63) is 23.4 Å². The van der Waals surface area contributed by atoms with E-state index in [-0.39, 0.29) is 48.4 Å². The van der Waals surface area contributed by atoms with Crippen molar-refractivity contribution in [1.29, 1.82) is 0 Å². The minimum Gasteiger partial charge on any atom is -0.464 e. The Balaban J connectivity index is 1.78. The molecule has 35 heavy (non-hydrogen) atoms. The van der Waals surface area contributed by atoms with E-state index in [2.05, 4.69) is 47.2 Å². The van der Waals surface area contributed by atoms with Gasteiger partial charge >= 0.3 is 6.09 Å². The topological polar surface area (TPSA) is 145 Å². The summed E-state index contributed by atoms with van der Waals surface area (Å²) in [6.45, 7) is 7.51. The van der Waals surface area contributed by atoms with Gasteiger partial charge in [0.2, 0.25) is 5.91 Å². The van der Waals surface area contributed by atoms with Gasteiger partial charge in [-0.2, -0.15) is 0 Å². The molecule has 0 saturated heterocycles. The molecule has 11 nitrogen and oxygen atoms in total. The van der Waals surface area contributed by atoms with E-state index < -0.39 is 6.09 Å². The zero-order valence-electron chi connectivity index (χ0n) is 20.8. The number of halogens is 1. The Morgan fingerprint density at radius 1 is 1.23 bits per heavy atom. The largest absolute Gasteiger partial charge is 0.464 e. The van der Waals surface area contributed by atoms with Crippen molar-refractivity contribution < 1.29 is 24.2 Å². The molecule has 1 aliphatic rings. The minimum atomic E-state index is -1.19. The van der Waals surface area contributed by atoms with Crippen LogP contribution in [0.25, 0.3) is 0 Å². The van der Waals surface area contributed by atoms with Gasteiger partial charge in [0, 0.05) is 44.3 Å². The number of hydrazine groups is 1. The molecule has 5 N–H and O–H groups in total. The first kappa shape index (κ1) is 28.8. The first-order valence-electron chi connectivity index (χ1n) is 11.7. The highest BCUT2D eigenvalue weighted by atomic mass is 35.5. The molecule has 3 amide bonds. The van der Waals surface area contributed by atoms with Crippen LogP contribution in [0.2, 0.25) is 5.02 Å². The van der Waals surface area contributed by atoms with E-state index >= 15 is 0 Å². The minimum absolute atomic E-state index is 0.00604. The summed E-state index contributed by atoms with van der Waals surface area (Å²) < 4.78 is 5.43. The van der Waals surface area contributed by atoms with E-state index in [1.807, 2.05) is 7.05 Å². The van der Waals surface area contributed by atoms with Crippen LogP contribution in [0.3, 0.4) is 0 Å². The Labute approximate surface area is 211 Å². The summed E-state index contributed by atoms with van der Waals surface area (Å²) in [5.74, 6) is -0.0521. The Bertz CT molecular complexity index is 848. The number of amides is 3. The van der Waals surface area contributed by atoms with Gasteiger partial charge in [0.15, 0.2) is 0 Å². The standard InChI is InChI=1S/C23H37ClN6O5/c1-23(2,3)14-30(4)21(32)15-5-7-17(18(11-15)28-29-22(33)34)25-9-10-35-13-20(31)27-19-8-6-16(24)12-26-19/h6,8,12,15,17-18,25,28-29H,5,7,9-11,13-14H2,1-4H3,(H,33,34)(H,26,27,31)/t15-,17-,18+/m0/s1. The Morgan fingerprint density at radius 3 is 2.60 bits per heavy atom. The van der Waals surface area contributed by atoms with Crippen molar-refractivity contribution in [1.82, 2.24) is 26.1 Å². The molecular formula is C23H37ClN6O5. The molecular weight excluding hydrogens is 476 g/mol. The molecule has 0 unspecified atom stereocenters. The van der Waals surface area contributed by atoms with E-state index in [1.165, 1.54) is 6.20 Å². The third-order valence-electron chi connectivity index (χ3n) is 5.53. The van der Waals surface area contributed by atoms with E-state index in [9.17, 15) is 14.4 Å². The Morgan fingerprint density at radius 2 is 1.97 bits per heavy atom. The Kier molecular flexibility index (Phi) is 11.2. The smallest absolute Gasteiger partial charge is 0.419 e. The Hall–Kier alpha value is -2.47. The number of carbonyl (C=O) groups excluding carboxylic acids is 2. The molecule has 1 aromatic rings. The van der Waals surface area contributed by atoms with Gasteiger partial charge in [-0.3, -0.25) is 15.0 Å². The van der Waals surface area contributed by atoms with Crippen molar-refractivity contribution in [2.45, 2.75) is 52.1 Å². The number of anilines is 1. The van der Waals surface area contributed by atoms with Crippen LogP contribution in [0.4, 0.5) is 10.6 Å². The average molecular weight is 513 g/mol. The maximum Gasteiger partial charge on any atom is 0.419 e. The normalized spacial score (nSPS) is 20.2. The summed E-state index contributed by atoms with van der Waals surface area (Å²) in [6.07, 6.45) is 2.15. The van der Waals surface area contributed by atoms with Gasteiger partial charge in [-0.05, 0) is 36.8 Å². The molecule has 0 aromatic carbocycles. The molecule has 0 bridgehead atoms. The fourth-order valence-corrected chi connectivity index (χ4v) is 4.28. The van der Waals surface area contributed by atoms with Crippen LogP contribution >= 0.6 is 11.6 Å². The number of rotatable bonds is 11. The van der Waals surface area contributed by atoms with Crippen molar-refractivity contribution in [3.8, 4) is 0 Å². The third-order valence-corrected chi connectivity index (χ3v) is 5.76. The maximum absolute atomic E-state index is 12.9. The lowest BCUT2D eigenvalue weighted by Gasteiger charge is -2.38. The highest BCUT2D eigenvalue weighted by molar-refractivity contribution is 6.30. The lowest BCUT2D eigenvalue weighted by atomic mass is 9.81. The molecule has 1 heterocycles. The van der Waals surface area contributed by atoms with Gasteiger partial charge in [0.25, 0.3) is 5.91 Å². The molecule has 1 fully saturated rings. The highest BCUT2D eigenvalue weighted by Crippen LogP contribution is 2.27. The average Bonchev–Trinajstić information content (AvgIpc) is 2.77. The molecule has 1 aliphatic carbocycles. The van der Waals surface area contributed by atoms with Crippen LogP contribution in [0, 0.1) is 11.3 Å². The monoisotopic (exact) mass is 512 g/mol. The van der Waals surface area contributed by atoms with Crippen molar-refractivity contribution in [2.75, 3.05) is 38.7 Å². The van der Waals surface area contributed by atoms with Crippen LogP contribution in [-0.4, -0.2) is 78.3 Å². The second-order valence-electron chi connectivity index (χ2n) is 9.97. The molecule has 0 spiro atoms. The molecule has 196 valence electrons. The number of aromatic nitrogens is 1. The molecule has 3 atom stereocenters. The van der Waals surface area contributed by atoms with Crippen LogP contribution in [0.15, 0.2) is 18.3 Å². The molecule has 1 saturated carbocycles. The zero-order valence-corrected chi connectivity index (χ0v) is 21.5. The van der Waals surface area contributed by atoms with E-state index in [0.717, 1.165) is 0 Å². The van der Waals surface area contributed by atoms with Gasteiger partial charge in [-0.1, -0.05) is 32.4 Å². The predicted molar refractivity (Wildman–Crippen MR) is 133 cm³/mol. The van der Waals surface area contributed by atoms with Crippen LogP contribution < -0.4 is 21.5 Å². The van der Waals surface area contributed by atoms with Crippen molar-refractivity contribution >= 4 is 35.3 Å². The van der Waals surface area contributed by atoms with Crippen LogP contribution in [-0.2, 0) is 14.3 Å². The third kappa shape index (κ3) is 10.8. The maximum atomic E-state index is 12.9. The molecule has 12 heteroatoms. The zero-order chi connectivity index (χ0) is 26.0. The van der Waals surface area contributed by atoms with Crippen molar-refractivity contribution in [3.63, 3.8) is 0 Å². The number of hydrogen-bond acceptors (Lipinski definition) is 7.